The van der Waals surface area contributed by atoms with Crippen molar-refractivity contribution in [1.29, 1.82) is 5.41 Å². The molecule has 3 atom stereocenters. The van der Waals surface area contributed by atoms with Crippen LogP contribution in [0.25, 0.3) is 0 Å². The van der Waals surface area contributed by atoms with Gasteiger partial charge in [0, 0.05) is 0 Å². The molecule has 0 amide bonds. The average Bonchev–Trinajstić information content (AvgIpc) is 2.45. The number of nitrogens with one attached hydrogen (secondary N) is 1. The Morgan fingerprint density at radius 3 is 2.30 bits per heavy atom. The maximum atomic E-state index is 10.5. The van der Waals surface area contributed by atoms with Crippen LogP contribution in [0.4, 0.5) is 0 Å². The first kappa shape index (κ1) is 19.9. The fourth-order valence-electron chi connectivity index (χ4n) is 1.76. The lowest BCUT2D eigenvalue weighted by molar-refractivity contribution is -0.0715. The second-order valence-corrected chi connectivity index (χ2v) is 6.45. The monoisotopic (exact) mass is 348 g/mol. The van der Waals surface area contributed by atoms with Gasteiger partial charge in [-0.05, 0) is 37.1 Å². The van der Waals surface area contributed by atoms with E-state index in [4.69, 9.17) is 15.2 Å². The van der Waals surface area contributed by atoms with E-state index in [9.17, 15) is 19.9 Å². The van der Waals surface area contributed by atoms with Crippen LogP contribution in [0.2, 0.25) is 0 Å². The van der Waals surface area contributed by atoms with E-state index < -0.39 is 32.7 Å². The Bertz CT molecular complexity index is 593. The Hall–Kier alpha value is -1.19. The molecule has 0 radical (unpaired) electrons. The van der Waals surface area contributed by atoms with Crippen LogP contribution >= 0.6 is 7.82 Å². The summed E-state index contributed by atoms with van der Waals surface area (Å²) in [4.78, 5) is 21.0. The van der Waals surface area contributed by atoms with Crippen molar-refractivity contribution in [3.8, 4) is 0 Å². The summed E-state index contributed by atoms with van der Waals surface area (Å²) in [5.74, 6) is 0. The number of aliphatic hydroxyl groups excluding tert-OH is 3. The van der Waals surface area contributed by atoms with E-state index in [1.807, 2.05) is 13.8 Å². The standard InChI is InChI=1S/C13H21N2O7P/c1-7-3-9(14)10(4-8(7)2)15-5-11(16)13(18)12(17)6-22-23(19,20)21/h3-4,11-14,16-18H,5-6H2,1-2H3,(H2,19,20,21)/t11-,12+,13-/m0/s1. The third kappa shape index (κ3) is 6.44. The van der Waals surface area contributed by atoms with Gasteiger partial charge >= 0.3 is 7.82 Å². The minimum Gasteiger partial charge on any atom is -0.388 e. The molecule has 23 heavy (non-hydrogen) atoms. The van der Waals surface area contributed by atoms with Crippen molar-refractivity contribution >= 4 is 19.2 Å². The number of hydrogen-bond acceptors (Lipinski definition) is 7. The molecular weight excluding hydrogens is 327 g/mol. The molecule has 1 aliphatic rings. The smallest absolute Gasteiger partial charge is 0.388 e. The molecular formula is C13H21N2O7P. The Labute approximate surface area is 133 Å². The average molecular weight is 348 g/mol. The Kier molecular flexibility index (Phi) is 6.97. The Balaban J connectivity index is 2.62. The van der Waals surface area contributed by atoms with Crippen molar-refractivity contribution in [2.24, 2.45) is 4.99 Å². The number of aliphatic hydroxyl groups is 3. The van der Waals surface area contributed by atoms with E-state index in [1.165, 1.54) is 0 Å². The minimum atomic E-state index is -4.77. The van der Waals surface area contributed by atoms with E-state index >= 15 is 0 Å². The third-order valence-corrected chi connectivity index (χ3v) is 3.75. The number of allylic oxidation sites excluding steroid dienone is 4. The highest BCUT2D eigenvalue weighted by Gasteiger charge is 2.27. The second-order valence-electron chi connectivity index (χ2n) is 5.21. The van der Waals surface area contributed by atoms with Crippen molar-refractivity contribution < 1.29 is 34.2 Å². The summed E-state index contributed by atoms with van der Waals surface area (Å²) in [5, 5.41) is 36.8. The van der Waals surface area contributed by atoms with Gasteiger partial charge in [0.2, 0.25) is 0 Å². The van der Waals surface area contributed by atoms with E-state index in [1.54, 1.807) is 12.2 Å². The molecule has 0 spiro atoms. The summed E-state index contributed by atoms with van der Waals surface area (Å²) >= 11 is 0. The molecule has 6 N–H and O–H groups in total. The number of aliphatic imine (C=N–C) groups is 1. The first-order chi connectivity index (χ1) is 10.5. The predicted octanol–water partition coefficient (Wildman–Crippen LogP) is -0.455. The third-order valence-electron chi connectivity index (χ3n) is 3.26. The summed E-state index contributed by atoms with van der Waals surface area (Å²) in [6, 6.07) is 0. The summed E-state index contributed by atoms with van der Waals surface area (Å²) in [5.41, 5.74) is 2.35. The zero-order valence-electron chi connectivity index (χ0n) is 12.7. The van der Waals surface area contributed by atoms with Crippen LogP contribution in [0, 0.1) is 5.41 Å². The Morgan fingerprint density at radius 2 is 1.74 bits per heavy atom. The molecule has 0 heterocycles. The maximum absolute atomic E-state index is 10.5. The van der Waals surface area contributed by atoms with Crippen LogP contribution < -0.4 is 0 Å². The number of phosphoric acid groups is 1. The lowest BCUT2D eigenvalue weighted by Gasteiger charge is -2.22. The van der Waals surface area contributed by atoms with Crippen molar-refractivity contribution in [2.75, 3.05) is 13.2 Å². The lowest BCUT2D eigenvalue weighted by Crippen LogP contribution is -2.41. The molecule has 0 saturated heterocycles. The molecule has 10 heteroatoms. The molecule has 130 valence electrons. The molecule has 0 aromatic rings. The lowest BCUT2D eigenvalue weighted by atomic mass is 9.98. The van der Waals surface area contributed by atoms with E-state index in [2.05, 4.69) is 9.52 Å². The SMILES string of the molecule is CC1=CC(=N)C(=NC[C@H](O)[C@H](O)[C@H](O)COP(=O)(O)O)C=C1C. The van der Waals surface area contributed by atoms with Gasteiger partial charge in [-0.25, -0.2) is 4.57 Å². The van der Waals surface area contributed by atoms with Gasteiger partial charge in [-0.2, -0.15) is 0 Å². The van der Waals surface area contributed by atoms with Gasteiger partial charge in [0.1, 0.15) is 18.3 Å². The maximum Gasteiger partial charge on any atom is 0.469 e. The van der Waals surface area contributed by atoms with Crippen molar-refractivity contribution in [1.82, 2.24) is 0 Å². The molecule has 1 aliphatic carbocycles. The molecule has 0 bridgehead atoms. The first-order valence-corrected chi connectivity index (χ1v) is 8.29. The highest BCUT2D eigenvalue weighted by atomic mass is 31.2. The fourth-order valence-corrected chi connectivity index (χ4v) is 2.11. The highest BCUT2D eigenvalue weighted by molar-refractivity contribution is 7.46. The van der Waals surface area contributed by atoms with Gasteiger partial charge in [0.25, 0.3) is 0 Å². The van der Waals surface area contributed by atoms with Crippen LogP contribution in [0.3, 0.4) is 0 Å². The predicted molar refractivity (Wildman–Crippen MR) is 83.6 cm³/mol. The van der Waals surface area contributed by atoms with Crippen LogP contribution in [-0.4, -0.2) is 68.0 Å². The van der Waals surface area contributed by atoms with Crippen LogP contribution in [0.1, 0.15) is 13.8 Å². The molecule has 0 aliphatic heterocycles. The summed E-state index contributed by atoms with van der Waals surface area (Å²) < 4.78 is 14.6. The molecule has 9 nitrogen and oxygen atoms in total. The van der Waals surface area contributed by atoms with Gasteiger partial charge in [-0.1, -0.05) is 0 Å². The minimum absolute atomic E-state index is 0.167. The molecule has 0 aromatic carbocycles. The van der Waals surface area contributed by atoms with Crippen LogP contribution in [0.15, 0.2) is 28.3 Å². The number of nitrogens with zero attached hydrogens (tertiary/aromatic N) is 1. The zero-order valence-corrected chi connectivity index (χ0v) is 13.6. The topological polar surface area (TPSA) is 164 Å². The molecule has 0 aromatic heterocycles. The van der Waals surface area contributed by atoms with Crippen molar-refractivity contribution in [3.63, 3.8) is 0 Å². The number of hydrogen-bond donors (Lipinski definition) is 6. The largest absolute Gasteiger partial charge is 0.469 e. The van der Waals surface area contributed by atoms with E-state index in [0.29, 0.717) is 5.71 Å². The number of rotatable bonds is 7. The van der Waals surface area contributed by atoms with Crippen molar-refractivity contribution in [3.05, 3.63) is 23.3 Å². The normalized spacial score (nSPS) is 21.7. The van der Waals surface area contributed by atoms with Gasteiger partial charge < -0.3 is 25.1 Å². The Morgan fingerprint density at radius 1 is 1.17 bits per heavy atom. The molecule has 0 unspecified atom stereocenters. The van der Waals surface area contributed by atoms with Gasteiger partial charge in [-0.3, -0.25) is 14.9 Å². The summed E-state index contributed by atoms with van der Waals surface area (Å²) in [6.07, 6.45) is -1.58. The van der Waals surface area contributed by atoms with Gasteiger partial charge in [0.05, 0.1) is 24.6 Å². The van der Waals surface area contributed by atoms with E-state index in [-0.39, 0.29) is 12.3 Å². The highest BCUT2D eigenvalue weighted by Crippen LogP contribution is 2.35. The number of phosphoric ester groups is 1. The van der Waals surface area contributed by atoms with Gasteiger partial charge in [0.15, 0.2) is 0 Å². The second kappa shape index (κ2) is 8.07. The quantitative estimate of drug-likeness (QED) is 0.268. The van der Waals surface area contributed by atoms with E-state index in [0.717, 1.165) is 11.1 Å². The zero-order chi connectivity index (χ0) is 17.8. The molecule has 1 rings (SSSR count). The summed E-state index contributed by atoms with van der Waals surface area (Å²) in [7, 11) is -4.77. The first-order valence-electron chi connectivity index (χ1n) is 6.76. The van der Waals surface area contributed by atoms with Crippen LogP contribution in [0.5, 0.6) is 0 Å². The summed E-state index contributed by atoms with van der Waals surface area (Å²) in [6.45, 7) is 2.58. The fraction of sp³-hybridized carbons (Fsp3) is 0.538. The molecule has 0 fully saturated rings. The van der Waals surface area contributed by atoms with Gasteiger partial charge in [-0.15, -0.1) is 0 Å². The molecule has 0 saturated carbocycles. The van der Waals surface area contributed by atoms with Crippen LogP contribution in [-0.2, 0) is 9.09 Å². The van der Waals surface area contributed by atoms with Crippen molar-refractivity contribution in [2.45, 2.75) is 32.2 Å².